The van der Waals surface area contributed by atoms with Gasteiger partial charge in [-0.15, -0.1) is 0 Å². The summed E-state index contributed by atoms with van der Waals surface area (Å²) in [5.41, 5.74) is 2.16. The van der Waals surface area contributed by atoms with E-state index in [-0.39, 0.29) is 23.5 Å². The van der Waals surface area contributed by atoms with Gasteiger partial charge in [-0.3, -0.25) is 4.79 Å². The van der Waals surface area contributed by atoms with Gasteiger partial charge in [0.2, 0.25) is 10.0 Å². The molecule has 5 heteroatoms. The first-order valence-electron chi connectivity index (χ1n) is 8.13. The van der Waals surface area contributed by atoms with Crippen LogP contribution in [0.1, 0.15) is 25.8 Å². The standard InChI is InChI=1S/C18H23NO3S/c1-12-6-8-15(9-7-12)23(21,22)19-10-4-5-16-13(2)18(20)14(3)17(16)11-19/h5-9,13-14,17H,4,10-11H2,1-3H3. The van der Waals surface area contributed by atoms with Gasteiger partial charge in [0.15, 0.2) is 0 Å². The third kappa shape index (κ3) is 2.76. The van der Waals surface area contributed by atoms with Crippen LogP contribution in [-0.2, 0) is 14.8 Å². The largest absolute Gasteiger partial charge is 0.299 e. The summed E-state index contributed by atoms with van der Waals surface area (Å²) in [6.45, 7) is 6.68. The van der Waals surface area contributed by atoms with E-state index in [0.717, 1.165) is 11.1 Å². The van der Waals surface area contributed by atoms with Crippen LogP contribution in [0, 0.1) is 24.7 Å². The molecule has 0 spiro atoms. The lowest BCUT2D eigenvalue weighted by Gasteiger charge is -2.25. The van der Waals surface area contributed by atoms with Gasteiger partial charge in [0.05, 0.1) is 4.90 Å². The van der Waals surface area contributed by atoms with Crippen LogP contribution >= 0.6 is 0 Å². The van der Waals surface area contributed by atoms with E-state index in [1.807, 2.05) is 32.9 Å². The number of fused-ring (bicyclic) bond motifs is 1. The average molecular weight is 333 g/mol. The van der Waals surface area contributed by atoms with E-state index in [4.69, 9.17) is 0 Å². The van der Waals surface area contributed by atoms with Gasteiger partial charge in [0.25, 0.3) is 0 Å². The lowest BCUT2D eigenvalue weighted by molar-refractivity contribution is -0.123. The first-order valence-corrected chi connectivity index (χ1v) is 9.57. The van der Waals surface area contributed by atoms with Crippen molar-refractivity contribution in [2.45, 2.75) is 32.1 Å². The highest BCUT2D eigenvalue weighted by atomic mass is 32.2. The molecule has 124 valence electrons. The predicted octanol–water partition coefficient (Wildman–Crippen LogP) is 2.79. The van der Waals surface area contributed by atoms with Crippen molar-refractivity contribution >= 4 is 15.8 Å². The second-order valence-corrected chi connectivity index (χ2v) is 8.63. The van der Waals surface area contributed by atoms with Crippen LogP contribution in [0.2, 0.25) is 0 Å². The number of rotatable bonds is 2. The van der Waals surface area contributed by atoms with Crippen molar-refractivity contribution in [2.24, 2.45) is 17.8 Å². The van der Waals surface area contributed by atoms with Crippen molar-refractivity contribution in [1.29, 1.82) is 0 Å². The number of ketones is 1. The third-order valence-electron chi connectivity index (χ3n) is 5.22. The molecular formula is C18H23NO3S. The molecule has 0 bridgehead atoms. The zero-order valence-corrected chi connectivity index (χ0v) is 14.6. The summed E-state index contributed by atoms with van der Waals surface area (Å²) in [7, 11) is -3.51. The Morgan fingerprint density at radius 2 is 1.78 bits per heavy atom. The number of hydrogen-bond acceptors (Lipinski definition) is 3. The Bertz CT molecular complexity index is 749. The molecule has 0 saturated heterocycles. The van der Waals surface area contributed by atoms with Crippen LogP contribution in [0.5, 0.6) is 0 Å². The Morgan fingerprint density at radius 1 is 1.13 bits per heavy atom. The molecule has 0 N–H and O–H groups in total. The maximum absolute atomic E-state index is 12.9. The van der Waals surface area contributed by atoms with Gasteiger partial charge in [0, 0.05) is 30.8 Å². The Morgan fingerprint density at radius 3 is 2.43 bits per heavy atom. The zero-order valence-electron chi connectivity index (χ0n) is 13.8. The van der Waals surface area contributed by atoms with E-state index in [1.165, 1.54) is 0 Å². The molecule has 1 aromatic rings. The number of nitrogens with zero attached hydrogens (tertiary/aromatic N) is 1. The van der Waals surface area contributed by atoms with Crippen molar-refractivity contribution in [3.63, 3.8) is 0 Å². The topological polar surface area (TPSA) is 54.5 Å². The number of hydrogen-bond donors (Lipinski definition) is 0. The summed E-state index contributed by atoms with van der Waals surface area (Å²) in [5.74, 6) is 0.0677. The summed E-state index contributed by atoms with van der Waals surface area (Å²) in [6, 6.07) is 6.96. The Hall–Kier alpha value is -1.46. The van der Waals surface area contributed by atoms with Gasteiger partial charge in [-0.2, -0.15) is 4.31 Å². The molecular weight excluding hydrogens is 310 g/mol. The van der Waals surface area contributed by atoms with Crippen LogP contribution in [0.25, 0.3) is 0 Å². The molecule has 3 unspecified atom stereocenters. The molecule has 2 aliphatic rings. The summed E-state index contributed by atoms with van der Waals surface area (Å²) in [5, 5.41) is 0. The van der Waals surface area contributed by atoms with Crippen LogP contribution in [0.4, 0.5) is 0 Å². The first-order chi connectivity index (χ1) is 10.8. The van der Waals surface area contributed by atoms with Crippen LogP contribution < -0.4 is 0 Å². The number of carbonyl (C=O) groups excluding carboxylic acids is 1. The molecule has 1 aromatic carbocycles. The smallest absolute Gasteiger partial charge is 0.243 e. The van der Waals surface area contributed by atoms with Gasteiger partial charge < -0.3 is 0 Å². The molecule has 0 aromatic heterocycles. The number of aryl methyl sites for hydroxylation is 1. The maximum Gasteiger partial charge on any atom is 0.243 e. The lowest BCUT2D eigenvalue weighted by atomic mass is 9.94. The minimum atomic E-state index is -3.51. The Balaban J connectivity index is 1.91. The van der Waals surface area contributed by atoms with E-state index in [0.29, 0.717) is 24.4 Å². The predicted molar refractivity (Wildman–Crippen MR) is 89.5 cm³/mol. The second-order valence-electron chi connectivity index (χ2n) is 6.69. The van der Waals surface area contributed by atoms with Crippen LogP contribution in [0.3, 0.4) is 0 Å². The molecule has 0 radical (unpaired) electrons. The fourth-order valence-corrected chi connectivity index (χ4v) is 5.20. The van der Waals surface area contributed by atoms with Gasteiger partial charge in [-0.1, -0.05) is 43.2 Å². The third-order valence-corrected chi connectivity index (χ3v) is 7.10. The monoisotopic (exact) mass is 333 g/mol. The average Bonchev–Trinajstić information content (AvgIpc) is 2.71. The minimum absolute atomic E-state index is 0.0141. The van der Waals surface area contributed by atoms with Crippen molar-refractivity contribution < 1.29 is 13.2 Å². The van der Waals surface area contributed by atoms with Gasteiger partial charge in [-0.05, 0) is 25.5 Å². The molecule has 3 rings (SSSR count). The van der Waals surface area contributed by atoms with Gasteiger partial charge >= 0.3 is 0 Å². The second kappa shape index (κ2) is 5.87. The summed E-state index contributed by atoms with van der Waals surface area (Å²) in [6.07, 6.45) is 2.75. The van der Waals surface area contributed by atoms with E-state index < -0.39 is 10.0 Å². The summed E-state index contributed by atoms with van der Waals surface area (Å²) < 4.78 is 27.4. The molecule has 1 aliphatic heterocycles. The highest BCUT2D eigenvalue weighted by molar-refractivity contribution is 7.89. The fourth-order valence-electron chi connectivity index (χ4n) is 3.72. The van der Waals surface area contributed by atoms with Gasteiger partial charge in [-0.25, -0.2) is 8.42 Å². The SMILES string of the molecule is Cc1ccc(S(=O)(=O)N2CCC=C3C(C)C(=O)C(C)C3C2)cc1. The van der Waals surface area contributed by atoms with Crippen LogP contribution in [-0.4, -0.2) is 31.6 Å². The van der Waals surface area contributed by atoms with E-state index in [9.17, 15) is 13.2 Å². The molecule has 23 heavy (non-hydrogen) atoms. The number of carbonyl (C=O) groups is 1. The lowest BCUT2D eigenvalue weighted by Crippen LogP contribution is -2.36. The van der Waals surface area contributed by atoms with E-state index in [2.05, 4.69) is 6.08 Å². The van der Waals surface area contributed by atoms with Crippen molar-refractivity contribution in [3.8, 4) is 0 Å². The molecule has 3 atom stereocenters. The molecule has 0 amide bonds. The highest BCUT2D eigenvalue weighted by Gasteiger charge is 2.43. The summed E-state index contributed by atoms with van der Waals surface area (Å²) in [4.78, 5) is 12.6. The molecule has 1 heterocycles. The van der Waals surface area contributed by atoms with Gasteiger partial charge in [0.1, 0.15) is 5.78 Å². The molecule has 1 fully saturated rings. The quantitative estimate of drug-likeness (QED) is 0.782. The van der Waals surface area contributed by atoms with Crippen molar-refractivity contribution in [2.75, 3.05) is 13.1 Å². The zero-order chi connectivity index (χ0) is 16.8. The molecule has 1 saturated carbocycles. The molecule has 4 nitrogen and oxygen atoms in total. The van der Waals surface area contributed by atoms with Crippen molar-refractivity contribution in [3.05, 3.63) is 41.5 Å². The number of Topliss-reactive ketones (excluding diaryl/α,β-unsaturated/α-hetero) is 1. The van der Waals surface area contributed by atoms with E-state index in [1.54, 1.807) is 16.4 Å². The normalized spacial score (nSPS) is 29.1. The minimum Gasteiger partial charge on any atom is -0.299 e. The molecule has 1 aliphatic carbocycles. The Kier molecular flexibility index (Phi) is 4.19. The highest BCUT2D eigenvalue weighted by Crippen LogP contribution is 2.40. The van der Waals surface area contributed by atoms with E-state index >= 15 is 0 Å². The number of benzene rings is 1. The van der Waals surface area contributed by atoms with Crippen LogP contribution in [0.15, 0.2) is 40.8 Å². The Labute approximate surface area is 138 Å². The van der Waals surface area contributed by atoms with Crippen molar-refractivity contribution in [1.82, 2.24) is 4.31 Å². The first kappa shape index (κ1) is 16.4. The summed E-state index contributed by atoms with van der Waals surface area (Å²) >= 11 is 0. The fraction of sp³-hybridized carbons (Fsp3) is 0.500. The maximum atomic E-state index is 12.9. The number of sulfonamides is 1.